The molecule has 1 saturated heterocycles. The van der Waals surface area contributed by atoms with Crippen molar-refractivity contribution in [3.05, 3.63) is 35.9 Å². The summed E-state index contributed by atoms with van der Waals surface area (Å²) in [6.07, 6.45) is 0.318. The average Bonchev–Trinajstić information content (AvgIpc) is 2.81. The second-order valence-corrected chi connectivity index (χ2v) is 3.01. The van der Waals surface area contributed by atoms with E-state index < -0.39 is 0 Å². The molecule has 2 heteroatoms. The predicted octanol–water partition coefficient (Wildman–Crippen LogP) is 1.95. The van der Waals surface area contributed by atoms with Gasteiger partial charge < -0.3 is 9.47 Å². The molecule has 0 saturated carbocycles. The molecule has 2 nitrogen and oxygen atoms in total. The zero-order valence-corrected chi connectivity index (χ0v) is 7.07. The van der Waals surface area contributed by atoms with Gasteiger partial charge in [-0.25, -0.2) is 0 Å². The summed E-state index contributed by atoms with van der Waals surface area (Å²) in [5.74, 6) is 0. The molecule has 0 radical (unpaired) electrons. The second-order valence-electron chi connectivity index (χ2n) is 3.01. The van der Waals surface area contributed by atoms with Gasteiger partial charge in [0.25, 0.3) is 0 Å². The van der Waals surface area contributed by atoms with E-state index >= 15 is 0 Å². The van der Waals surface area contributed by atoms with Crippen molar-refractivity contribution in [2.75, 3.05) is 0 Å². The van der Waals surface area contributed by atoms with Gasteiger partial charge in [-0.15, -0.1) is 0 Å². The molecule has 64 valence electrons. The molecule has 1 aromatic rings. The third kappa shape index (κ3) is 1.84. The smallest absolute Gasteiger partial charge is 0.184 e. The van der Waals surface area contributed by atoms with E-state index in [1.54, 1.807) is 0 Å². The van der Waals surface area contributed by atoms with Crippen LogP contribution in [0.2, 0.25) is 0 Å². The van der Waals surface area contributed by atoms with Crippen molar-refractivity contribution in [1.82, 2.24) is 0 Å². The Labute approximate surface area is 72.1 Å². The number of hydrogen-bond donors (Lipinski definition) is 0. The molecule has 1 aromatic carbocycles. The van der Waals surface area contributed by atoms with Crippen LogP contribution < -0.4 is 0 Å². The number of benzene rings is 1. The fourth-order valence-corrected chi connectivity index (χ4v) is 1.09. The van der Waals surface area contributed by atoms with E-state index in [9.17, 15) is 0 Å². The average molecular weight is 164 g/mol. The topological polar surface area (TPSA) is 21.8 Å². The van der Waals surface area contributed by atoms with Gasteiger partial charge in [-0.3, -0.25) is 0 Å². The lowest BCUT2D eigenvalue weighted by Crippen LogP contribution is -1.97. The van der Waals surface area contributed by atoms with E-state index in [1.807, 2.05) is 37.3 Å². The Morgan fingerprint density at radius 3 is 2.58 bits per heavy atom. The maximum Gasteiger partial charge on any atom is 0.184 e. The van der Waals surface area contributed by atoms with Gasteiger partial charge >= 0.3 is 0 Å². The largest absolute Gasteiger partial charge is 0.345 e. The molecule has 0 N–H and O–H groups in total. The van der Waals surface area contributed by atoms with Crippen LogP contribution in [-0.4, -0.2) is 12.4 Å². The van der Waals surface area contributed by atoms with Crippen LogP contribution in [0, 0.1) is 0 Å². The van der Waals surface area contributed by atoms with Crippen molar-refractivity contribution < 1.29 is 9.47 Å². The highest BCUT2D eigenvalue weighted by molar-refractivity contribution is 5.13. The molecule has 2 rings (SSSR count). The third-order valence-electron chi connectivity index (χ3n) is 1.91. The summed E-state index contributed by atoms with van der Waals surface area (Å²) in [7, 11) is 0. The van der Waals surface area contributed by atoms with E-state index in [1.165, 1.54) is 5.56 Å². The van der Waals surface area contributed by atoms with Crippen LogP contribution in [0.5, 0.6) is 0 Å². The van der Waals surface area contributed by atoms with Crippen LogP contribution in [0.1, 0.15) is 12.5 Å². The van der Waals surface area contributed by atoms with Crippen molar-refractivity contribution in [2.24, 2.45) is 0 Å². The first-order valence-electron chi connectivity index (χ1n) is 4.17. The lowest BCUT2D eigenvalue weighted by molar-refractivity contribution is 0.0385. The van der Waals surface area contributed by atoms with E-state index in [-0.39, 0.29) is 12.4 Å². The number of rotatable bonds is 3. The van der Waals surface area contributed by atoms with E-state index in [0.717, 1.165) is 0 Å². The first-order valence-corrected chi connectivity index (χ1v) is 4.17. The summed E-state index contributed by atoms with van der Waals surface area (Å²) >= 11 is 0. The van der Waals surface area contributed by atoms with Crippen molar-refractivity contribution in [2.45, 2.75) is 25.9 Å². The Kier molecular flexibility index (Phi) is 2.11. The summed E-state index contributed by atoms with van der Waals surface area (Å²) < 4.78 is 10.5. The van der Waals surface area contributed by atoms with Crippen LogP contribution in [0.3, 0.4) is 0 Å². The van der Waals surface area contributed by atoms with Crippen LogP contribution in [0.4, 0.5) is 0 Å². The van der Waals surface area contributed by atoms with Crippen molar-refractivity contribution in [3.8, 4) is 0 Å². The number of hydrogen-bond acceptors (Lipinski definition) is 2. The Hall–Kier alpha value is -0.860. The molecule has 12 heavy (non-hydrogen) atoms. The fourth-order valence-electron chi connectivity index (χ4n) is 1.09. The quantitative estimate of drug-likeness (QED) is 0.637. The summed E-state index contributed by atoms with van der Waals surface area (Å²) in [5.41, 5.74) is 1.19. The van der Waals surface area contributed by atoms with Crippen molar-refractivity contribution >= 4 is 0 Å². The standard InChI is InChI=1S/C10H12O2/c1-8-10(12-8)11-7-9-5-3-2-4-6-9/h2-6,8,10H,7H2,1H3/t8-,10?/m1/s1. The highest BCUT2D eigenvalue weighted by atomic mass is 16.8. The van der Waals surface area contributed by atoms with Crippen LogP contribution in [0.25, 0.3) is 0 Å². The van der Waals surface area contributed by atoms with Gasteiger partial charge in [0.1, 0.15) is 6.10 Å². The third-order valence-corrected chi connectivity index (χ3v) is 1.91. The Morgan fingerprint density at radius 2 is 2.00 bits per heavy atom. The van der Waals surface area contributed by atoms with Crippen molar-refractivity contribution in [1.29, 1.82) is 0 Å². The molecule has 1 fully saturated rings. The minimum atomic E-state index is 0.0326. The minimum Gasteiger partial charge on any atom is -0.345 e. The summed E-state index contributed by atoms with van der Waals surface area (Å²) in [6, 6.07) is 10.1. The van der Waals surface area contributed by atoms with Crippen molar-refractivity contribution in [3.63, 3.8) is 0 Å². The summed E-state index contributed by atoms with van der Waals surface area (Å²) in [5, 5.41) is 0. The minimum absolute atomic E-state index is 0.0326. The molecule has 1 heterocycles. The molecule has 2 atom stereocenters. The number of ether oxygens (including phenoxy) is 2. The van der Waals surface area contributed by atoms with E-state index in [4.69, 9.17) is 9.47 Å². The predicted molar refractivity (Wildman–Crippen MR) is 45.6 cm³/mol. The molecule has 1 aliphatic rings. The van der Waals surface area contributed by atoms with Crippen LogP contribution in [-0.2, 0) is 16.1 Å². The molecule has 0 amide bonds. The zero-order chi connectivity index (χ0) is 8.39. The first kappa shape index (κ1) is 7.77. The maximum absolute atomic E-state index is 5.43. The lowest BCUT2D eigenvalue weighted by atomic mass is 10.2. The SMILES string of the molecule is C[C@H]1OC1OCc1ccccc1. The Bertz CT molecular complexity index is 245. The number of epoxide rings is 1. The molecule has 1 unspecified atom stereocenters. The summed E-state index contributed by atoms with van der Waals surface area (Å²) in [4.78, 5) is 0. The fraction of sp³-hybridized carbons (Fsp3) is 0.400. The summed E-state index contributed by atoms with van der Waals surface area (Å²) in [6.45, 7) is 2.66. The van der Waals surface area contributed by atoms with Gasteiger partial charge in [0.15, 0.2) is 6.29 Å². The van der Waals surface area contributed by atoms with Gasteiger partial charge in [-0.1, -0.05) is 30.3 Å². The molecule has 0 aromatic heterocycles. The molecular formula is C10H12O2. The van der Waals surface area contributed by atoms with Gasteiger partial charge in [0.2, 0.25) is 0 Å². The highest BCUT2D eigenvalue weighted by Crippen LogP contribution is 2.23. The maximum atomic E-state index is 5.43. The molecular weight excluding hydrogens is 152 g/mol. The normalized spacial score (nSPS) is 27.1. The Morgan fingerprint density at radius 1 is 1.33 bits per heavy atom. The molecule has 0 bridgehead atoms. The van der Waals surface area contributed by atoms with Gasteiger partial charge in [0.05, 0.1) is 6.61 Å². The lowest BCUT2D eigenvalue weighted by Gasteiger charge is -1.99. The monoisotopic (exact) mass is 164 g/mol. The Balaban J connectivity index is 1.80. The van der Waals surface area contributed by atoms with Crippen LogP contribution in [0.15, 0.2) is 30.3 Å². The molecule has 1 aliphatic heterocycles. The van der Waals surface area contributed by atoms with Crippen LogP contribution >= 0.6 is 0 Å². The van der Waals surface area contributed by atoms with Gasteiger partial charge in [-0.2, -0.15) is 0 Å². The van der Waals surface area contributed by atoms with E-state index in [0.29, 0.717) is 6.61 Å². The molecule has 0 spiro atoms. The highest BCUT2D eigenvalue weighted by Gasteiger charge is 2.35. The second kappa shape index (κ2) is 3.25. The first-order chi connectivity index (χ1) is 5.86. The van der Waals surface area contributed by atoms with Gasteiger partial charge in [0, 0.05) is 0 Å². The molecule has 0 aliphatic carbocycles. The zero-order valence-electron chi connectivity index (χ0n) is 7.07. The van der Waals surface area contributed by atoms with Gasteiger partial charge in [-0.05, 0) is 12.5 Å². The van der Waals surface area contributed by atoms with E-state index in [2.05, 4.69) is 0 Å².